The molecule has 38 heavy (non-hydrogen) atoms. The van der Waals surface area contributed by atoms with Crippen molar-refractivity contribution in [3.05, 3.63) is 77.5 Å². The summed E-state index contributed by atoms with van der Waals surface area (Å²) in [5.74, 6) is 1.22. The lowest BCUT2D eigenvalue weighted by Crippen LogP contribution is -2.51. The standard InChI is InChI=1S/C29H34N6O3/c1-32-18-14-30-25(32)22-9-5-6-10-23(22)27(36)33-16-12-29(38,13-17-33)19-34-20-31-26-24(28(34)37)11-15-35(26)21-7-3-2-4-8-21/h2-4,7-8,11,14-15,18,20,22-23,38H,5-6,9-10,12-13,16-17,19H2,1H3. The Morgan fingerprint density at radius 2 is 1.82 bits per heavy atom. The number of carbonyl (C=O) groups excluding carboxylic acids is 1. The molecule has 2 aliphatic rings. The molecule has 2 unspecified atom stereocenters. The molecule has 198 valence electrons. The van der Waals surface area contributed by atoms with E-state index < -0.39 is 5.60 Å². The molecule has 1 N–H and O–H groups in total. The fourth-order valence-corrected chi connectivity index (χ4v) is 6.29. The number of imidazole rings is 1. The van der Waals surface area contributed by atoms with Gasteiger partial charge >= 0.3 is 0 Å². The summed E-state index contributed by atoms with van der Waals surface area (Å²) >= 11 is 0. The fraction of sp³-hybridized carbons (Fsp3) is 0.448. The number of para-hydroxylation sites is 1. The predicted octanol–water partition coefficient (Wildman–Crippen LogP) is 3.25. The SMILES string of the molecule is Cn1ccnc1C1CCCCC1C(=O)N1CCC(O)(Cn2cnc3c(ccn3-c3ccccc3)c2=O)CC1. The summed E-state index contributed by atoms with van der Waals surface area (Å²) in [6.45, 7) is 1.12. The second-order valence-electron chi connectivity index (χ2n) is 10.9. The van der Waals surface area contributed by atoms with Crippen LogP contribution in [0.5, 0.6) is 0 Å². The molecular formula is C29H34N6O3. The Bertz CT molecular complexity index is 1500. The molecule has 1 aromatic carbocycles. The van der Waals surface area contributed by atoms with Crippen LogP contribution in [-0.2, 0) is 18.4 Å². The van der Waals surface area contributed by atoms with Crippen molar-refractivity contribution in [2.24, 2.45) is 13.0 Å². The van der Waals surface area contributed by atoms with Crippen LogP contribution in [0.15, 0.2) is 66.1 Å². The van der Waals surface area contributed by atoms with Gasteiger partial charge in [0.05, 0.1) is 17.5 Å². The zero-order valence-corrected chi connectivity index (χ0v) is 21.7. The Morgan fingerprint density at radius 1 is 1.05 bits per heavy atom. The van der Waals surface area contributed by atoms with Gasteiger partial charge in [0.15, 0.2) is 5.65 Å². The van der Waals surface area contributed by atoms with Crippen molar-refractivity contribution in [2.45, 2.75) is 56.6 Å². The maximum Gasteiger partial charge on any atom is 0.262 e. The molecule has 2 fully saturated rings. The molecule has 1 saturated carbocycles. The zero-order chi connectivity index (χ0) is 26.3. The number of benzene rings is 1. The van der Waals surface area contributed by atoms with E-state index in [4.69, 9.17) is 0 Å². The molecular weight excluding hydrogens is 480 g/mol. The van der Waals surface area contributed by atoms with Crippen molar-refractivity contribution in [3.8, 4) is 5.69 Å². The number of hydrogen-bond acceptors (Lipinski definition) is 5. The Kier molecular flexibility index (Phi) is 6.39. The number of hydrogen-bond donors (Lipinski definition) is 1. The lowest BCUT2D eigenvalue weighted by atomic mass is 9.77. The van der Waals surface area contributed by atoms with Crippen molar-refractivity contribution in [1.82, 2.24) is 28.6 Å². The van der Waals surface area contributed by atoms with E-state index in [2.05, 4.69) is 9.97 Å². The molecule has 3 aromatic heterocycles. The van der Waals surface area contributed by atoms with Gasteiger partial charge in [0.2, 0.25) is 5.91 Å². The van der Waals surface area contributed by atoms with Crippen LogP contribution in [0, 0.1) is 5.92 Å². The van der Waals surface area contributed by atoms with E-state index >= 15 is 0 Å². The smallest absolute Gasteiger partial charge is 0.262 e. The summed E-state index contributed by atoms with van der Waals surface area (Å²) in [5.41, 5.74) is 0.297. The highest BCUT2D eigenvalue weighted by Crippen LogP contribution is 2.39. The third-order valence-electron chi connectivity index (χ3n) is 8.45. The number of rotatable bonds is 5. The van der Waals surface area contributed by atoms with Crippen LogP contribution in [0.2, 0.25) is 0 Å². The van der Waals surface area contributed by atoms with Crippen LogP contribution >= 0.6 is 0 Å². The summed E-state index contributed by atoms with van der Waals surface area (Å²) in [6, 6.07) is 11.6. The minimum absolute atomic E-state index is 0.0704. The van der Waals surface area contributed by atoms with E-state index in [9.17, 15) is 14.7 Å². The molecule has 1 aliphatic heterocycles. The Hall–Kier alpha value is -3.72. The van der Waals surface area contributed by atoms with Gasteiger partial charge in [-0.1, -0.05) is 31.0 Å². The number of fused-ring (bicyclic) bond motifs is 1. The van der Waals surface area contributed by atoms with Crippen molar-refractivity contribution >= 4 is 16.9 Å². The molecule has 1 amide bonds. The third-order valence-corrected chi connectivity index (χ3v) is 8.45. The van der Waals surface area contributed by atoms with E-state index in [-0.39, 0.29) is 29.8 Å². The Labute approximate surface area is 221 Å². The van der Waals surface area contributed by atoms with E-state index in [0.29, 0.717) is 37.0 Å². The van der Waals surface area contributed by atoms with Gasteiger partial charge in [-0.25, -0.2) is 9.97 Å². The molecule has 4 aromatic rings. The second kappa shape index (κ2) is 9.87. The summed E-state index contributed by atoms with van der Waals surface area (Å²) in [6.07, 6.45) is 12.0. The summed E-state index contributed by atoms with van der Waals surface area (Å²) < 4.78 is 5.43. The largest absolute Gasteiger partial charge is 0.388 e. The summed E-state index contributed by atoms with van der Waals surface area (Å²) in [4.78, 5) is 37.9. The van der Waals surface area contributed by atoms with E-state index in [1.807, 2.05) is 63.8 Å². The maximum atomic E-state index is 13.6. The molecule has 0 radical (unpaired) electrons. The number of nitrogens with zero attached hydrogens (tertiary/aromatic N) is 6. The van der Waals surface area contributed by atoms with Crippen LogP contribution in [0.25, 0.3) is 16.7 Å². The Morgan fingerprint density at radius 3 is 2.55 bits per heavy atom. The third kappa shape index (κ3) is 4.45. The average Bonchev–Trinajstić information content (AvgIpc) is 3.57. The van der Waals surface area contributed by atoms with E-state index in [1.165, 1.54) is 10.9 Å². The molecule has 0 bridgehead atoms. The normalized spacial score (nSPS) is 21.6. The number of aliphatic hydroxyl groups is 1. The number of aryl methyl sites for hydroxylation is 1. The van der Waals surface area contributed by atoms with Gasteiger partial charge in [-0.2, -0.15) is 0 Å². The predicted molar refractivity (Wildman–Crippen MR) is 144 cm³/mol. The number of aromatic nitrogens is 5. The van der Waals surface area contributed by atoms with Gasteiger partial charge in [-0.05, 0) is 43.9 Å². The first-order valence-corrected chi connectivity index (χ1v) is 13.5. The Balaban J connectivity index is 1.15. The molecule has 1 saturated heterocycles. The molecule has 6 rings (SSSR count). The van der Waals surface area contributed by atoms with Crippen molar-refractivity contribution in [1.29, 1.82) is 0 Å². The lowest BCUT2D eigenvalue weighted by molar-refractivity contribution is -0.142. The van der Waals surface area contributed by atoms with E-state index in [0.717, 1.165) is 37.2 Å². The fourth-order valence-electron chi connectivity index (χ4n) is 6.29. The zero-order valence-electron chi connectivity index (χ0n) is 21.7. The van der Waals surface area contributed by atoms with Crippen molar-refractivity contribution in [3.63, 3.8) is 0 Å². The lowest BCUT2D eigenvalue weighted by Gasteiger charge is -2.41. The van der Waals surface area contributed by atoms with Crippen LogP contribution in [0.1, 0.15) is 50.3 Å². The van der Waals surface area contributed by atoms with Gasteiger partial charge in [0.25, 0.3) is 5.56 Å². The van der Waals surface area contributed by atoms with Gasteiger partial charge in [-0.15, -0.1) is 0 Å². The molecule has 1 aliphatic carbocycles. The average molecular weight is 515 g/mol. The highest BCUT2D eigenvalue weighted by atomic mass is 16.3. The van der Waals surface area contributed by atoms with Crippen LogP contribution in [0.3, 0.4) is 0 Å². The van der Waals surface area contributed by atoms with Gasteiger partial charge in [0.1, 0.15) is 12.2 Å². The molecule has 4 heterocycles. The first-order chi connectivity index (χ1) is 18.4. The summed E-state index contributed by atoms with van der Waals surface area (Å²) in [7, 11) is 1.99. The molecule has 9 nitrogen and oxygen atoms in total. The summed E-state index contributed by atoms with van der Waals surface area (Å²) in [5, 5.41) is 11.9. The molecule has 9 heteroatoms. The number of amides is 1. The monoisotopic (exact) mass is 514 g/mol. The van der Waals surface area contributed by atoms with Crippen LogP contribution in [0.4, 0.5) is 0 Å². The minimum atomic E-state index is -1.07. The molecule has 0 spiro atoms. The first-order valence-electron chi connectivity index (χ1n) is 13.5. The van der Waals surface area contributed by atoms with Gasteiger partial charge in [0, 0.05) is 56.3 Å². The number of carbonyl (C=O) groups is 1. The van der Waals surface area contributed by atoms with Gasteiger partial charge in [-0.3, -0.25) is 14.2 Å². The quantitative estimate of drug-likeness (QED) is 0.441. The first kappa shape index (κ1) is 24.6. The number of piperidine rings is 1. The van der Waals surface area contributed by atoms with Crippen LogP contribution in [-0.4, -0.2) is 58.3 Å². The highest BCUT2D eigenvalue weighted by molar-refractivity contribution is 5.80. The number of likely N-dealkylation sites (tertiary alicyclic amines) is 1. The topological polar surface area (TPSA) is 98.2 Å². The maximum absolute atomic E-state index is 13.6. The van der Waals surface area contributed by atoms with Crippen molar-refractivity contribution in [2.75, 3.05) is 13.1 Å². The van der Waals surface area contributed by atoms with Gasteiger partial charge < -0.3 is 19.1 Å². The minimum Gasteiger partial charge on any atom is -0.388 e. The van der Waals surface area contributed by atoms with Crippen LogP contribution < -0.4 is 5.56 Å². The van der Waals surface area contributed by atoms with E-state index in [1.54, 1.807) is 12.3 Å². The highest BCUT2D eigenvalue weighted by Gasteiger charge is 2.40. The molecule has 2 atom stereocenters. The van der Waals surface area contributed by atoms with Crippen molar-refractivity contribution < 1.29 is 9.90 Å². The second-order valence-corrected chi connectivity index (χ2v) is 10.9.